The van der Waals surface area contributed by atoms with E-state index in [1.807, 2.05) is 19.1 Å². The first-order valence-corrected chi connectivity index (χ1v) is 20.7. The van der Waals surface area contributed by atoms with E-state index in [1.54, 1.807) is 32.2 Å². The number of carbonyl (C=O) groups is 4. The van der Waals surface area contributed by atoms with E-state index in [1.165, 1.54) is 42.4 Å². The number of ether oxygens (including phenoxy) is 2. The number of methoxy groups -OCH3 is 2. The summed E-state index contributed by atoms with van der Waals surface area (Å²) in [6.07, 6.45) is -9.32. The minimum Gasteiger partial charge on any atom is -0.507 e. The van der Waals surface area contributed by atoms with Crippen molar-refractivity contribution < 1.29 is 60.1 Å². The van der Waals surface area contributed by atoms with Crippen LogP contribution in [0.15, 0.2) is 66.2 Å². The third-order valence-corrected chi connectivity index (χ3v) is 14.7. The molecular weight excluding hydrogens is 878 g/mol. The van der Waals surface area contributed by atoms with E-state index < -0.39 is 87.8 Å². The lowest BCUT2D eigenvalue weighted by Crippen LogP contribution is -2.49. The van der Waals surface area contributed by atoms with Gasteiger partial charge in [-0.1, -0.05) is 23.3 Å². The predicted molar refractivity (Wildman–Crippen MR) is 219 cm³/mol. The fraction of sp³-hybridized carbons (Fsp3) is 0.341. The molecule has 6 atom stereocenters. The van der Waals surface area contributed by atoms with Crippen molar-refractivity contribution in [2.24, 2.45) is 36.1 Å². The summed E-state index contributed by atoms with van der Waals surface area (Å²) in [5.41, 5.74) is -4.26. The van der Waals surface area contributed by atoms with Gasteiger partial charge in [0.25, 0.3) is 0 Å². The van der Waals surface area contributed by atoms with E-state index in [4.69, 9.17) is 26.2 Å². The van der Waals surface area contributed by atoms with Gasteiger partial charge in [0.1, 0.15) is 28.8 Å². The second-order valence-electron chi connectivity index (χ2n) is 16.4. The maximum Gasteiger partial charge on any atom is 0.416 e. The van der Waals surface area contributed by atoms with Crippen molar-refractivity contribution in [1.29, 1.82) is 0 Å². The van der Waals surface area contributed by atoms with Gasteiger partial charge < -0.3 is 14.6 Å². The molecule has 2 aromatic heterocycles. The number of aryl methyl sites for hydroxylation is 2. The molecule has 4 amide bonds. The van der Waals surface area contributed by atoms with Crippen LogP contribution >= 0.6 is 22.9 Å². The number of carbonyl (C=O) groups excluding carboxylic acids is 4. The lowest BCUT2D eigenvalue weighted by molar-refractivity contribution is -0.143. The number of nitrogens with zero attached hydrogens (tertiary/aromatic N) is 4. The van der Waals surface area contributed by atoms with E-state index >= 15 is 9.59 Å². The van der Waals surface area contributed by atoms with Crippen molar-refractivity contribution in [3.8, 4) is 27.8 Å². The van der Waals surface area contributed by atoms with E-state index in [-0.39, 0.29) is 47.5 Å². The van der Waals surface area contributed by atoms with Gasteiger partial charge in [-0.05, 0) is 80.0 Å². The summed E-state index contributed by atoms with van der Waals surface area (Å²) < 4.78 is 97.3. The normalized spacial score (nSPS) is 24.8. The molecule has 3 aromatic carbocycles. The molecule has 9 rings (SSSR count). The Balaban J connectivity index is 1.18. The van der Waals surface area contributed by atoms with Gasteiger partial charge in [-0.25, -0.2) is 9.80 Å². The smallest absolute Gasteiger partial charge is 0.416 e. The number of aromatic hydroxyl groups is 1. The Labute approximate surface area is 363 Å². The number of rotatable bonds is 6. The highest BCUT2D eigenvalue weighted by Crippen LogP contribution is 2.66. The van der Waals surface area contributed by atoms with Crippen molar-refractivity contribution >= 4 is 68.2 Å². The van der Waals surface area contributed by atoms with E-state index in [0.717, 1.165) is 25.4 Å². The van der Waals surface area contributed by atoms with E-state index in [9.17, 15) is 41.0 Å². The predicted octanol–water partition coefficient (Wildman–Crippen LogP) is 9.46. The average molecular weight is 913 g/mol. The molecule has 19 heteroatoms. The Bertz CT molecular complexity index is 2840. The van der Waals surface area contributed by atoms with Crippen molar-refractivity contribution in [1.82, 2.24) is 9.78 Å². The standard InChI is InChI=1S/C44H35ClF6N4O7S/c1-18-26-13-21(45)6-9-32(26)63-37(18)29-17-33(53(3)52-29)55-39(58)28-16-27-24(36(42(28,2)41(55)60)35-30(56)14-23(61-4)15-31(35)62-5)7-8-25-34(27)40(59)54(38(25)57)22-11-19(43(46,47)48)10-20(12-22)44(49,50)51/h6-7,9-15,17,25,27-28,34,36,56H,8,16H2,1-5H3/t25-,27+,28-,34-,36+,42+/m0/s1. The molecule has 1 N–H and O–H groups in total. The van der Waals surface area contributed by atoms with Crippen LogP contribution in [-0.4, -0.2) is 52.7 Å². The van der Waals surface area contributed by atoms with Crippen LogP contribution in [0.25, 0.3) is 20.7 Å². The summed E-state index contributed by atoms with van der Waals surface area (Å²) in [6.45, 7) is 3.47. The van der Waals surface area contributed by atoms with Gasteiger partial charge in [0.2, 0.25) is 23.6 Å². The summed E-state index contributed by atoms with van der Waals surface area (Å²) >= 11 is 7.74. The molecule has 4 heterocycles. The number of phenolic OH excluding ortho intramolecular Hbond substituents is 1. The van der Waals surface area contributed by atoms with Crippen LogP contribution in [0.5, 0.6) is 17.2 Å². The largest absolute Gasteiger partial charge is 0.507 e. The molecule has 2 aliphatic carbocycles. The molecule has 3 fully saturated rings. The molecule has 0 bridgehead atoms. The highest BCUT2D eigenvalue weighted by atomic mass is 35.5. The highest BCUT2D eigenvalue weighted by molar-refractivity contribution is 7.22. The highest BCUT2D eigenvalue weighted by Gasteiger charge is 2.69. The van der Waals surface area contributed by atoms with Crippen LogP contribution in [0.2, 0.25) is 5.02 Å². The molecule has 328 valence electrons. The third-order valence-electron chi connectivity index (χ3n) is 13.2. The van der Waals surface area contributed by atoms with Gasteiger partial charge >= 0.3 is 12.4 Å². The molecule has 11 nitrogen and oxygen atoms in total. The zero-order valence-electron chi connectivity index (χ0n) is 33.8. The second kappa shape index (κ2) is 14.3. The summed E-state index contributed by atoms with van der Waals surface area (Å²) in [7, 11) is 4.25. The summed E-state index contributed by atoms with van der Waals surface area (Å²) in [6, 6.07) is 10.4. The van der Waals surface area contributed by atoms with Gasteiger partial charge in [0.05, 0.1) is 59.1 Å². The number of imide groups is 2. The monoisotopic (exact) mass is 912 g/mol. The molecular formula is C44H35ClF6N4O7S. The summed E-state index contributed by atoms with van der Waals surface area (Å²) in [4.78, 5) is 61.1. The maximum atomic E-state index is 15.3. The lowest BCUT2D eigenvalue weighted by Gasteiger charge is -2.49. The molecule has 63 heavy (non-hydrogen) atoms. The van der Waals surface area contributed by atoms with Crippen LogP contribution in [-0.2, 0) is 38.6 Å². The number of aromatic nitrogens is 2. The Hall–Kier alpha value is -5.88. The molecule has 4 aliphatic rings. The second-order valence-corrected chi connectivity index (χ2v) is 17.9. The molecule has 0 radical (unpaired) electrons. The minimum absolute atomic E-state index is 0.0569. The number of fused-ring (bicyclic) bond motifs is 5. The number of hydrogen-bond acceptors (Lipinski definition) is 9. The third kappa shape index (κ3) is 6.25. The fourth-order valence-electron chi connectivity index (χ4n) is 10.2. The first kappa shape index (κ1) is 42.4. The van der Waals surface area contributed by atoms with Crippen LogP contribution < -0.4 is 19.3 Å². The maximum absolute atomic E-state index is 15.3. The molecule has 2 aliphatic heterocycles. The van der Waals surface area contributed by atoms with Crippen LogP contribution in [0.3, 0.4) is 0 Å². The number of allylic oxidation sites excluding steroid dienone is 2. The Kier molecular flexibility index (Phi) is 9.64. The number of phenols is 1. The number of benzene rings is 3. The SMILES string of the molecule is COc1cc(O)c([C@H]2C3=CC[C@@H]4C(=O)N(c5cc(C(F)(F)F)cc(C(F)(F)F)c5)C(=O)[C@@H]4[C@@H]3C[C@H]3C(=O)N(c4cc(-c5sc6ccc(Cl)cc6c5C)nn4C)C(=O)[C@@]23C)c(OC)c1. The summed E-state index contributed by atoms with van der Waals surface area (Å²) in [5, 5.41) is 17.9. The number of amides is 4. The van der Waals surface area contributed by atoms with Crippen molar-refractivity contribution in [3.05, 3.63) is 93.5 Å². The van der Waals surface area contributed by atoms with E-state index in [2.05, 4.69) is 0 Å². The van der Waals surface area contributed by atoms with Crippen molar-refractivity contribution in [2.45, 2.75) is 45.0 Å². The number of hydrogen-bond donors (Lipinski definition) is 1. The van der Waals surface area contributed by atoms with Gasteiger partial charge in [0.15, 0.2) is 0 Å². The molecule has 0 spiro atoms. The zero-order valence-corrected chi connectivity index (χ0v) is 35.4. The Morgan fingerprint density at radius 2 is 1.56 bits per heavy atom. The van der Waals surface area contributed by atoms with Gasteiger partial charge in [-0.3, -0.25) is 23.9 Å². The van der Waals surface area contributed by atoms with Gasteiger partial charge in [-0.15, -0.1) is 11.3 Å². The Morgan fingerprint density at radius 3 is 2.19 bits per heavy atom. The minimum atomic E-state index is -5.26. The van der Waals surface area contributed by atoms with Gasteiger partial charge in [-0.2, -0.15) is 31.4 Å². The number of anilines is 2. The van der Waals surface area contributed by atoms with Crippen molar-refractivity contribution in [3.63, 3.8) is 0 Å². The first-order valence-electron chi connectivity index (χ1n) is 19.5. The molecule has 0 unspecified atom stereocenters. The topological polar surface area (TPSA) is 131 Å². The average Bonchev–Trinajstić information content (AvgIpc) is 3.90. The van der Waals surface area contributed by atoms with Crippen LogP contribution in [0.1, 0.15) is 47.9 Å². The quantitative estimate of drug-likeness (QED) is 0.101. The molecule has 1 saturated carbocycles. The molecule has 5 aromatic rings. The lowest BCUT2D eigenvalue weighted by atomic mass is 9.51. The van der Waals surface area contributed by atoms with Gasteiger partial charge in [0, 0.05) is 46.5 Å². The first-order chi connectivity index (χ1) is 29.6. The van der Waals surface area contributed by atoms with Crippen molar-refractivity contribution in [2.75, 3.05) is 24.0 Å². The summed E-state index contributed by atoms with van der Waals surface area (Å²) in [5.74, 6) is -9.59. The molecule has 2 saturated heterocycles. The Morgan fingerprint density at radius 1 is 0.873 bits per heavy atom. The zero-order chi connectivity index (χ0) is 45.4. The fourth-order valence-corrected chi connectivity index (χ4v) is 11.6. The van der Waals surface area contributed by atoms with E-state index in [0.29, 0.717) is 33.3 Å². The number of alkyl halides is 6. The van der Waals surface area contributed by atoms with Crippen LogP contribution in [0, 0.1) is 36.0 Å². The number of thiophene rings is 1. The number of halogens is 7. The van der Waals surface area contributed by atoms with Crippen LogP contribution in [0.4, 0.5) is 37.8 Å².